The topological polar surface area (TPSA) is 191 Å². The minimum atomic E-state index is -4.75. The van der Waals surface area contributed by atoms with Gasteiger partial charge < -0.3 is 44.8 Å². The van der Waals surface area contributed by atoms with Crippen molar-refractivity contribution in [3.05, 3.63) is 60.8 Å². The Bertz CT molecular complexity index is 1290. The number of hydrogen-bond acceptors (Lipinski definition) is 10. The molecule has 0 aromatic heterocycles. The van der Waals surface area contributed by atoms with E-state index in [1.807, 2.05) is 51.5 Å². The number of phosphoric ester groups is 1. The van der Waals surface area contributed by atoms with Crippen LogP contribution in [0.15, 0.2) is 60.8 Å². The maximum Gasteiger partial charge on any atom is 0.303 e. The van der Waals surface area contributed by atoms with Crippen molar-refractivity contribution < 1.29 is 47.9 Å². The molecule has 0 aliphatic heterocycles. The molecule has 0 bridgehead atoms. The van der Waals surface area contributed by atoms with Gasteiger partial charge in [-0.25, -0.2) is 0 Å². The third-order valence-electron chi connectivity index (χ3n) is 9.73. The van der Waals surface area contributed by atoms with Gasteiger partial charge in [0.25, 0.3) is 7.82 Å². The summed E-state index contributed by atoms with van der Waals surface area (Å²) < 4.78 is 23.2. The molecule has 6 N–H and O–H groups in total. The van der Waals surface area contributed by atoms with Gasteiger partial charge >= 0.3 is 5.97 Å². The summed E-state index contributed by atoms with van der Waals surface area (Å²) in [6.07, 6.45) is 37.1. The molecule has 0 aromatic rings. The van der Waals surface area contributed by atoms with Crippen LogP contribution < -0.4 is 15.9 Å². The predicted octanol–water partition coefficient (Wildman–Crippen LogP) is 8.54. The number of carboxylic acids is 1. The fraction of sp³-hybridized carbons (Fsp3) is 0.739. The van der Waals surface area contributed by atoms with Crippen LogP contribution in [-0.4, -0.2) is 108 Å². The van der Waals surface area contributed by atoms with Crippen molar-refractivity contribution in [2.24, 2.45) is 5.73 Å². The number of aliphatic hydroxyl groups is 2. The Balaban J connectivity index is 5.46. The van der Waals surface area contributed by atoms with Gasteiger partial charge in [0, 0.05) is 17.4 Å². The molecule has 0 heterocycles. The average Bonchev–Trinajstić information content (AvgIpc) is 3.18. The molecule has 0 rings (SSSR count). The molecule has 60 heavy (non-hydrogen) atoms. The van der Waals surface area contributed by atoms with E-state index in [4.69, 9.17) is 19.9 Å². The van der Waals surface area contributed by atoms with E-state index in [0.717, 1.165) is 38.5 Å². The number of amides is 1. The van der Waals surface area contributed by atoms with Gasteiger partial charge in [0.05, 0.1) is 52.0 Å². The lowest BCUT2D eigenvalue weighted by atomic mass is 10.0. The highest BCUT2D eigenvalue weighted by atomic mass is 32.2. The quantitative estimate of drug-likeness (QED) is 0.0130. The van der Waals surface area contributed by atoms with E-state index in [0.29, 0.717) is 11.0 Å². The summed E-state index contributed by atoms with van der Waals surface area (Å²) in [5, 5.41) is 33.3. The van der Waals surface area contributed by atoms with Crippen LogP contribution in [0.2, 0.25) is 0 Å². The first-order valence-electron chi connectivity index (χ1n) is 22.6. The first-order valence-corrected chi connectivity index (χ1v) is 25.1. The Labute approximate surface area is 368 Å². The maximum absolute atomic E-state index is 13.4. The molecule has 1 amide bonds. The molecule has 0 saturated heterocycles. The number of nitrogens with zero attached hydrogens (tertiary/aromatic N) is 1. The maximum atomic E-state index is 13.4. The monoisotopic (exact) mass is 886 g/mol. The Kier molecular flexibility index (Phi) is 36.2. The van der Waals surface area contributed by atoms with Gasteiger partial charge in [-0.1, -0.05) is 152 Å². The van der Waals surface area contributed by atoms with Crippen LogP contribution in [0, 0.1) is 0 Å². The van der Waals surface area contributed by atoms with Crippen molar-refractivity contribution in [2.45, 2.75) is 172 Å². The summed E-state index contributed by atoms with van der Waals surface area (Å²) in [6, 6.07) is -2.22. The number of unbranched alkanes of at least 4 members (excludes halogenated alkanes) is 14. The molecule has 0 aliphatic carbocycles. The summed E-state index contributed by atoms with van der Waals surface area (Å²) in [6.45, 7) is 4.18. The van der Waals surface area contributed by atoms with Crippen LogP contribution in [0.5, 0.6) is 0 Å². The van der Waals surface area contributed by atoms with Gasteiger partial charge in [-0.3, -0.25) is 14.2 Å². The fourth-order valence-corrected chi connectivity index (χ4v) is 7.79. The zero-order valence-corrected chi connectivity index (χ0v) is 39.5. The van der Waals surface area contributed by atoms with Crippen LogP contribution in [0.4, 0.5) is 0 Å². The van der Waals surface area contributed by atoms with Crippen molar-refractivity contribution in [3.63, 3.8) is 0 Å². The number of nitrogens with one attached hydrogen (secondary N) is 1. The van der Waals surface area contributed by atoms with Crippen LogP contribution in [0.3, 0.4) is 0 Å². The molecule has 0 aromatic carbocycles. The largest absolute Gasteiger partial charge is 0.756 e. The van der Waals surface area contributed by atoms with E-state index < -0.39 is 55.8 Å². The highest BCUT2D eigenvalue weighted by molar-refractivity contribution is 8.00. The zero-order valence-electron chi connectivity index (χ0n) is 37.8. The number of carbonyl (C=O) groups excluding carboxylic acids is 1. The number of aliphatic carboxylic acids is 1. The molecule has 12 nitrogen and oxygen atoms in total. The van der Waals surface area contributed by atoms with E-state index in [1.165, 1.54) is 82.4 Å². The zero-order chi connectivity index (χ0) is 44.9. The number of carbonyl (C=O) groups is 2. The van der Waals surface area contributed by atoms with Crippen molar-refractivity contribution >= 4 is 31.5 Å². The molecule has 0 radical (unpaired) electrons. The van der Waals surface area contributed by atoms with Gasteiger partial charge in [0.1, 0.15) is 13.2 Å². The van der Waals surface area contributed by atoms with Gasteiger partial charge in [0.2, 0.25) is 5.91 Å². The SMILES string of the molecule is CCCCC/C=C\C\C=C/C=C/C=C/[C@@H](SC[C@H](N)C(=O)N[C@@H](COP(=O)([O-])OCC[N+](C)(C)C)[C@H](O)/C=C/CCCCCCCCCCCCC)[C@@H](O)CCCC(=O)O. The van der Waals surface area contributed by atoms with Crippen molar-refractivity contribution in [1.29, 1.82) is 0 Å². The normalized spacial score (nSPS) is 16.3. The lowest BCUT2D eigenvalue weighted by molar-refractivity contribution is -0.870. The number of hydrogen-bond donors (Lipinski definition) is 5. The molecule has 0 fully saturated rings. The highest BCUT2D eigenvalue weighted by Crippen LogP contribution is 2.38. The third-order valence-corrected chi connectivity index (χ3v) is 12.1. The highest BCUT2D eigenvalue weighted by Gasteiger charge is 2.27. The number of aliphatic hydroxyl groups excluding tert-OH is 2. The lowest BCUT2D eigenvalue weighted by Crippen LogP contribution is -2.52. The number of allylic oxidation sites excluding steroid dienone is 8. The lowest BCUT2D eigenvalue weighted by Gasteiger charge is -2.30. The Hall–Kier alpha value is -2.06. The van der Waals surface area contributed by atoms with Crippen LogP contribution in [0.25, 0.3) is 0 Å². The van der Waals surface area contributed by atoms with Gasteiger partial charge in [-0.2, -0.15) is 0 Å². The molecular formula is C46H84N3O9PS. The summed E-state index contributed by atoms with van der Waals surface area (Å²) in [5.41, 5.74) is 6.31. The number of thioether (sulfide) groups is 1. The van der Waals surface area contributed by atoms with Crippen molar-refractivity contribution in [1.82, 2.24) is 5.32 Å². The molecule has 6 atom stereocenters. The number of carboxylic acid groups (broad SMARTS) is 1. The van der Waals surface area contributed by atoms with E-state index in [-0.39, 0.29) is 31.6 Å². The summed E-state index contributed by atoms with van der Waals surface area (Å²) in [4.78, 5) is 37.0. The van der Waals surface area contributed by atoms with Gasteiger partial charge in [-0.05, 0) is 44.9 Å². The Morgan fingerprint density at radius 3 is 2.00 bits per heavy atom. The van der Waals surface area contributed by atoms with Gasteiger partial charge in [0.15, 0.2) is 0 Å². The summed E-state index contributed by atoms with van der Waals surface area (Å²) in [7, 11) is 0.952. The molecule has 0 saturated carbocycles. The number of likely N-dealkylation sites (N-methyl/N-ethyl adjacent to an activating group) is 1. The van der Waals surface area contributed by atoms with E-state index in [1.54, 1.807) is 18.2 Å². The Morgan fingerprint density at radius 1 is 0.783 bits per heavy atom. The number of quaternary nitrogens is 1. The molecular weight excluding hydrogens is 802 g/mol. The first-order chi connectivity index (χ1) is 28.6. The summed E-state index contributed by atoms with van der Waals surface area (Å²) in [5.74, 6) is -1.49. The smallest absolute Gasteiger partial charge is 0.303 e. The predicted molar refractivity (Wildman–Crippen MR) is 248 cm³/mol. The number of nitrogens with two attached hydrogens (primary N) is 1. The average molecular weight is 886 g/mol. The minimum Gasteiger partial charge on any atom is -0.756 e. The molecule has 1 unspecified atom stereocenters. The van der Waals surface area contributed by atoms with E-state index in [2.05, 4.69) is 31.3 Å². The Morgan fingerprint density at radius 2 is 1.37 bits per heavy atom. The molecule has 0 spiro atoms. The fourth-order valence-electron chi connectivity index (χ4n) is 5.92. The third kappa shape index (κ3) is 36.6. The van der Waals surface area contributed by atoms with Crippen LogP contribution in [0.1, 0.15) is 142 Å². The van der Waals surface area contributed by atoms with E-state index >= 15 is 0 Å². The van der Waals surface area contributed by atoms with Gasteiger partial charge in [-0.15, -0.1) is 11.8 Å². The molecule has 14 heteroatoms. The van der Waals surface area contributed by atoms with Crippen molar-refractivity contribution in [3.8, 4) is 0 Å². The second kappa shape index (κ2) is 37.5. The summed E-state index contributed by atoms with van der Waals surface area (Å²) >= 11 is 1.25. The van der Waals surface area contributed by atoms with Crippen molar-refractivity contribution in [2.75, 3.05) is 46.7 Å². The van der Waals surface area contributed by atoms with E-state index in [9.17, 15) is 29.3 Å². The first kappa shape index (κ1) is 57.9. The number of rotatable bonds is 40. The molecule has 348 valence electrons. The second-order valence-electron chi connectivity index (χ2n) is 16.6. The van der Waals surface area contributed by atoms with Crippen LogP contribution in [-0.2, 0) is 23.2 Å². The minimum absolute atomic E-state index is 0.0749. The number of phosphoric acid groups is 1. The standard InChI is InChI=1S/C46H84N3O9PS/c1-6-8-10-12-14-16-18-20-21-23-25-27-29-32-42(50)41(38-58-59(55,56)57-37-36-49(3,4)5)48-46(54)40(47)39-60-44(43(51)33-31-35-45(52)53)34-30-28-26-24-22-19-17-15-13-11-9-7-2/h15,17,22,24,26,28-30,32,34,40-44,50-51H,6-14,16,18-21,23,25,27,31,33,35-39,47H2,1-5H3,(H2-,48,52,53,54,55,56)/b17-15-,24-22-,28-26+,32-29+,34-30+/t40-,41-,42+,43-,44+/m0/s1. The second-order valence-corrected chi connectivity index (χ2v) is 19.2. The molecule has 0 aliphatic rings. The van der Waals surface area contributed by atoms with Crippen LogP contribution >= 0.6 is 19.6 Å².